The van der Waals surface area contributed by atoms with Crippen molar-refractivity contribution in [1.82, 2.24) is 4.90 Å². The van der Waals surface area contributed by atoms with Gasteiger partial charge in [0.05, 0.1) is 11.5 Å². The molecule has 1 rings (SSSR count). The van der Waals surface area contributed by atoms with Crippen molar-refractivity contribution in [2.45, 2.75) is 20.3 Å². The Hall–Kier alpha value is -1.75. The maximum absolute atomic E-state index is 12.0. The predicted molar refractivity (Wildman–Crippen MR) is 74.4 cm³/mol. The van der Waals surface area contributed by atoms with Gasteiger partial charge in [0, 0.05) is 24.2 Å². The predicted octanol–water partition coefficient (Wildman–Crippen LogP) is 2.76. The number of hydrogen-bond donors (Lipinski definition) is 0. The van der Waals surface area contributed by atoms with E-state index in [0.717, 1.165) is 13.0 Å². The summed E-state index contributed by atoms with van der Waals surface area (Å²) >= 11 is 0. The Morgan fingerprint density at radius 1 is 1.37 bits per heavy atom. The van der Waals surface area contributed by atoms with Gasteiger partial charge in [0.25, 0.3) is 5.69 Å². The number of carbonyl (C=O) groups excluding carboxylic acids is 1. The lowest BCUT2D eigenvalue weighted by Gasteiger charge is -2.19. The second kappa shape index (κ2) is 6.99. The lowest BCUT2D eigenvalue weighted by atomic mass is 10.1. The van der Waals surface area contributed by atoms with Gasteiger partial charge in [-0.05, 0) is 25.1 Å². The van der Waals surface area contributed by atoms with Crippen molar-refractivity contribution in [3.05, 3.63) is 39.9 Å². The Bertz CT molecular complexity index is 443. The number of likely N-dealkylation sites (N-methyl/N-ethyl adjacent to an activating group) is 1. The largest absolute Gasteiger partial charge is 0.299 e. The molecule has 0 aliphatic carbocycles. The summed E-state index contributed by atoms with van der Waals surface area (Å²) in [5.74, 6) is 0.537. The molecule has 0 amide bonds. The third kappa shape index (κ3) is 4.79. The average Bonchev–Trinajstić information content (AvgIpc) is 2.38. The van der Waals surface area contributed by atoms with Crippen LogP contribution in [0.2, 0.25) is 0 Å². The molecule has 1 unspecified atom stereocenters. The third-order valence-electron chi connectivity index (χ3n) is 3.13. The third-order valence-corrected chi connectivity index (χ3v) is 3.13. The molecule has 0 radical (unpaired) electrons. The summed E-state index contributed by atoms with van der Waals surface area (Å²) < 4.78 is 0. The topological polar surface area (TPSA) is 63.5 Å². The molecule has 104 valence electrons. The number of nitrogens with zero attached hydrogens (tertiary/aromatic N) is 2. The van der Waals surface area contributed by atoms with Crippen molar-refractivity contribution in [3.8, 4) is 0 Å². The van der Waals surface area contributed by atoms with Crippen LogP contribution >= 0.6 is 0 Å². The Kier molecular flexibility index (Phi) is 5.63. The molecule has 0 N–H and O–H groups in total. The Balaban J connectivity index is 2.60. The molecule has 0 bridgehead atoms. The molecule has 0 spiro atoms. The quantitative estimate of drug-likeness (QED) is 0.431. The molecule has 19 heavy (non-hydrogen) atoms. The zero-order valence-corrected chi connectivity index (χ0v) is 11.6. The smallest absolute Gasteiger partial charge is 0.269 e. The van der Waals surface area contributed by atoms with Crippen LogP contribution in [0, 0.1) is 16.0 Å². The molecule has 1 atom stereocenters. The van der Waals surface area contributed by atoms with E-state index in [1.807, 2.05) is 11.9 Å². The van der Waals surface area contributed by atoms with Gasteiger partial charge < -0.3 is 0 Å². The van der Waals surface area contributed by atoms with Crippen molar-refractivity contribution in [2.24, 2.45) is 5.92 Å². The van der Waals surface area contributed by atoms with Gasteiger partial charge in [-0.3, -0.25) is 19.8 Å². The van der Waals surface area contributed by atoms with E-state index in [0.29, 0.717) is 18.0 Å². The van der Waals surface area contributed by atoms with Crippen LogP contribution < -0.4 is 0 Å². The number of Topliss-reactive ketones (excluding diaryl/α,β-unsaturated/α-hetero) is 1. The van der Waals surface area contributed by atoms with E-state index in [1.54, 1.807) is 0 Å². The normalized spacial score (nSPS) is 12.4. The maximum atomic E-state index is 12.0. The first kappa shape index (κ1) is 15.3. The summed E-state index contributed by atoms with van der Waals surface area (Å²) in [6.45, 7) is 5.47. The molecule has 5 heteroatoms. The SMILES string of the molecule is CCC(C)CN(C)CC(=O)c1ccc([N+](=O)[O-])cc1. The molecular weight excluding hydrogens is 244 g/mol. The average molecular weight is 264 g/mol. The van der Waals surface area contributed by atoms with Gasteiger partial charge in [-0.25, -0.2) is 0 Å². The second-order valence-electron chi connectivity index (χ2n) is 4.94. The summed E-state index contributed by atoms with van der Waals surface area (Å²) in [5, 5.41) is 10.5. The van der Waals surface area contributed by atoms with E-state index in [9.17, 15) is 14.9 Å². The number of ketones is 1. The van der Waals surface area contributed by atoms with E-state index in [2.05, 4.69) is 13.8 Å². The van der Waals surface area contributed by atoms with Crippen LogP contribution in [0.25, 0.3) is 0 Å². The van der Waals surface area contributed by atoms with Gasteiger partial charge in [-0.1, -0.05) is 20.3 Å². The van der Waals surface area contributed by atoms with Crippen molar-refractivity contribution in [3.63, 3.8) is 0 Å². The first-order chi connectivity index (χ1) is 8.93. The summed E-state index contributed by atoms with van der Waals surface area (Å²) in [4.78, 5) is 24.0. The monoisotopic (exact) mass is 264 g/mol. The van der Waals surface area contributed by atoms with Crippen LogP contribution in [0.5, 0.6) is 0 Å². The minimum atomic E-state index is -0.469. The molecule has 5 nitrogen and oxygen atoms in total. The first-order valence-electron chi connectivity index (χ1n) is 6.40. The van der Waals surface area contributed by atoms with E-state index in [-0.39, 0.29) is 11.5 Å². The number of hydrogen-bond acceptors (Lipinski definition) is 4. The first-order valence-corrected chi connectivity index (χ1v) is 6.40. The highest BCUT2D eigenvalue weighted by Gasteiger charge is 2.12. The summed E-state index contributed by atoms with van der Waals surface area (Å²) in [5.41, 5.74) is 0.520. The molecule has 0 saturated heterocycles. The van der Waals surface area contributed by atoms with Crippen LogP contribution in [0.3, 0.4) is 0 Å². The highest BCUT2D eigenvalue weighted by Crippen LogP contribution is 2.13. The molecule has 0 aliphatic rings. The van der Waals surface area contributed by atoms with E-state index < -0.39 is 4.92 Å². The fourth-order valence-corrected chi connectivity index (χ4v) is 1.83. The molecular formula is C14H20N2O3. The highest BCUT2D eigenvalue weighted by atomic mass is 16.6. The van der Waals surface area contributed by atoms with Gasteiger partial charge in [0.1, 0.15) is 0 Å². The second-order valence-corrected chi connectivity index (χ2v) is 4.94. The van der Waals surface area contributed by atoms with Crippen LogP contribution in [-0.2, 0) is 0 Å². The summed E-state index contributed by atoms with van der Waals surface area (Å²) in [7, 11) is 1.91. The number of nitro benzene ring substituents is 1. The van der Waals surface area contributed by atoms with Gasteiger partial charge in [0.15, 0.2) is 5.78 Å². The highest BCUT2D eigenvalue weighted by molar-refractivity contribution is 5.97. The number of non-ortho nitro benzene ring substituents is 1. The minimum Gasteiger partial charge on any atom is -0.299 e. The van der Waals surface area contributed by atoms with Crippen LogP contribution in [0.15, 0.2) is 24.3 Å². The lowest BCUT2D eigenvalue weighted by molar-refractivity contribution is -0.384. The zero-order chi connectivity index (χ0) is 14.4. The lowest BCUT2D eigenvalue weighted by Crippen LogP contribution is -2.30. The van der Waals surface area contributed by atoms with E-state index in [4.69, 9.17) is 0 Å². The molecule has 1 aromatic carbocycles. The molecule has 0 aliphatic heterocycles. The van der Waals surface area contributed by atoms with Gasteiger partial charge in [-0.2, -0.15) is 0 Å². The number of benzene rings is 1. The molecule has 1 aromatic rings. The molecule has 0 heterocycles. The van der Waals surface area contributed by atoms with Gasteiger partial charge >= 0.3 is 0 Å². The number of rotatable bonds is 7. The standard InChI is InChI=1S/C14H20N2O3/c1-4-11(2)9-15(3)10-14(17)12-5-7-13(8-6-12)16(18)19/h5-8,11H,4,9-10H2,1-3H3. The van der Waals surface area contributed by atoms with Crippen LogP contribution in [-0.4, -0.2) is 35.7 Å². The van der Waals surface area contributed by atoms with Crippen LogP contribution in [0.1, 0.15) is 30.6 Å². The summed E-state index contributed by atoms with van der Waals surface area (Å²) in [6, 6.07) is 5.75. The van der Waals surface area contributed by atoms with Crippen molar-refractivity contribution < 1.29 is 9.72 Å². The maximum Gasteiger partial charge on any atom is 0.269 e. The van der Waals surface area contributed by atoms with Crippen LogP contribution in [0.4, 0.5) is 5.69 Å². The van der Waals surface area contributed by atoms with Crippen molar-refractivity contribution in [1.29, 1.82) is 0 Å². The van der Waals surface area contributed by atoms with Gasteiger partial charge in [-0.15, -0.1) is 0 Å². The summed E-state index contributed by atoms with van der Waals surface area (Å²) in [6.07, 6.45) is 1.08. The van der Waals surface area contributed by atoms with Crippen molar-refractivity contribution in [2.75, 3.05) is 20.1 Å². The number of nitro groups is 1. The fraction of sp³-hybridized carbons (Fsp3) is 0.500. The zero-order valence-electron chi connectivity index (χ0n) is 11.6. The van der Waals surface area contributed by atoms with Crippen molar-refractivity contribution >= 4 is 11.5 Å². The number of carbonyl (C=O) groups is 1. The van der Waals surface area contributed by atoms with Gasteiger partial charge in [0.2, 0.25) is 0 Å². The van der Waals surface area contributed by atoms with E-state index >= 15 is 0 Å². The van der Waals surface area contributed by atoms with E-state index in [1.165, 1.54) is 24.3 Å². The fourth-order valence-electron chi connectivity index (χ4n) is 1.83. The molecule has 0 saturated carbocycles. The molecule has 0 fully saturated rings. The minimum absolute atomic E-state index is 0.00418. The Morgan fingerprint density at radius 3 is 2.42 bits per heavy atom. The molecule has 0 aromatic heterocycles. The Labute approximate surface area is 113 Å². The Morgan fingerprint density at radius 2 is 1.95 bits per heavy atom.